The third-order valence-corrected chi connectivity index (χ3v) is 5.85. The van der Waals surface area contributed by atoms with Crippen molar-refractivity contribution >= 4 is 52.8 Å². The van der Waals surface area contributed by atoms with Crippen LogP contribution in [0.1, 0.15) is 36.8 Å². The highest BCUT2D eigenvalue weighted by atomic mass is 127. The maximum absolute atomic E-state index is 12.8. The first-order chi connectivity index (χ1) is 11.0. The Labute approximate surface area is 164 Å². The van der Waals surface area contributed by atoms with E-state index in [1.165, 1.54) is 0 Å². The molecular formula is C19H18I2O2. The summed E-state index contributed by atoms with van der Waals surface area (Å²) >= 11 is 3.59. The first-order valence-electron chi connectivity index (χ1n) is 7.55. The van der Waals surface area contributed by atoms with Crippen LogP contribution in [0.5, 0.6) is 0 Å². The summed E-state index contributed by atoms with van der Waals surface area (Å²) in [7, 11) is 0. The summed E-state index contributed by atoms with van der Waals surface area (Å²) in [6.07, 6.45) is 1.68. The normalized spacial score (nSPS) is 12.7. The predicted molar refractivity (Wildman–Crippen MR) is 110 cm³/mol. The van der Waals surface area contributed by atoms with Crippen LogP contribution in [0.3, 0.4) is 0 Å². The molecule has 0 saturated carbocycles. The van der Waals surface area contributed by atoms with Gasteiger partial charge in [-0.15, -0.1) is 0 Å². The lowest BCUT2D eigenvalue weighted by Gasteiger charge is -2.36. The molecule has 2 aromatic rings. The molecule has 0 heterocycles. The molecule has 4 heteroatoms. The second kappa shape index (κ2) is 8.37. The minimum absolute atomic E-state index is 0.122. The van der Waals surface area contributed by atoms with E-state index in [2.05, 4.69) is 6.92 Å². The van der Waals surface area contributed by atoms with Gasteiger partial charge < -0.3 is 0 Å². The lowest BCUT2D eigenvalue weighted by atomic mass is 9.67. The maximum atomic E-state index is 12.8. The van der Waals surface area contributed by atoms with Gasteiger partial charge in [-0.05, 0) is 17.5 Å². The van der Waals surface area contributed by atoms with Crippen molar-refractivity contribution in [1.82, 2.24) is 0 Å². The summed E-state index contributed by atoms with van der Waals surface area (Å²) in [4.78, 5) is 25.5. The zero-order valence-corrected chi connectivity index (χ0v) is 17.2. The minimum Gasteiger partial charge on any atom is -0.286 e. The van der Waals surface area contributed by atoms with Crippen LogP contribution < -0.4 is 0 Å². The molecule has 0 bridgehead atoms. The van der Waals surface area contributed by atoms with Crippen LogP contribution >= 0.6 is 45.2 Å². The Morgan fingerprint density at radius 1 is 0.913 bits per heavy atom. The third-order valence-electron chi connectivity index (χ3n) is 4.15. The Hall–Kier alpha value is -0.760. The van der Waals surface area contributed by atoms with Gasteiger partial charge in [0.15, 0.2) is 0 Å². The van der Waals surface area contributed by atoms with Crippen molar-refractivity contribution in [2.45, 2.75) is 31.1 Å². The molecule has 0 N–H and O–H groups in total. The molecule has 0 aliphatic rings. The molecule has 2 nitrogen and oxygen atoms in total. The van der Waals surface area contributed by atoms with Gasteiger partial charge in [0, 0.05) is 51.1 Å². The first kappa shape index (κ1) is 18.6. The lowest BCUT2D eigenvalue weighted by molar-refractivity contribution is -0.124. The van der Waals surface area contributed by atoms with Crippen LogP contribution in [0.25, 0.3) is 0 Å². The highest BCUT2D eigenvalue weighted by molar-refractivity contribution is 14.1. The Morgan fingerprint density at radius 2 is 1.39 bits per heavy atom. The quantitative estimate of drug-likeness (QED) is 0.271. The molecule has 2 rings (SSSR count). The fraction of sp³-hybridized carbons (Fsp3) is 0.263. The summed E-state index contributed by atoms with van der Waals surface area (Å²) in [5.41, 5.74) is 0.675. The van der Waals surface area contributed by atoms with Gasteiger partial charge in [-0.1, -0.05) is 74.0 Å². The fourth-order valence-electron chi connectivity index (χ4n) is 3.09. The van der Waals surface area contributed by atoms with Crippen molar-refractivity contribution in [2.75, 3.05) is 0 Å². The van der Waals surface area contributed by atoms with Gasteiger partial charge in [-0.2, -0.15) is 0 Å². The maximum Gasteiger partial charge on any atom is 0.211 e. The number of hydrogen-bond acceptors (Lipinski definition) is 2. The molecular weight excluding hydrogens is 514 g/mol. The van der Waals surface area contributed by atoms with Crippen LogP contribution in [-0.4, -0.2) is 7.58 Å². The van der Waals surface area contributed by atoms with Crippen LogP contribution in [0.4, 0.5) is 0 Å². The van der Waals surface area contributed by atoms with E-state index in [-0.39, 0.29) is 13.5 Å². The van der Waals surface area contributed by atoms with Gasteiger partial charge >= 0.3 is 0 Å². The number of carbonyl (C=O) groups is 2. The monoisotopic (exact) mass is 532 g/mol. The number of rotatable bonds is 7. The summed E-state index contributed by atoms with van der Waals surface area (Å²) in [5, 5.41) is 0. The summed E-state index contributed by atoms with van der Waals surface area (Å²) in [6.45, 7) is 2.08. The molecule has 120 valence electrons. The molecule has 0 radical (unpaired) electrons. The van der Waals surface area contributed by atoms with Crippen LogP contribution in [0.15, 0.2) is 60.7 Å². The Bertz CT molecular complexity index is 654. The van der Waals surface area contributed by atoms with Crippen molar-refractivity contribution in [1.29, 1.82) is 0 Å². The zero-order valence-electron chi connectivity index (χ0n) is 12.8. The van der Waals surface area contributed by atoms with E-state index in [9.17, 15) is 9.59 Å². The third kappa shape index (κ3) is 3.68. The van der Waals surface area contributed by atoms with E-state index in [0.717, 1.165) is 24.0 Å². The molecule has 0 amide bonds. The molecule has 23 heavy (non-hydrogen) atoms. The Balaban J connectivity index is 2.73. The molecule has 0 spiro atoms. The van der Waals surface area contributed by atoms with Crippen molar-refractivity contribution in [3.63, 3.8) is 0 Å². The largest absolute Gasteiger partial charge is 0.286 e. The average Bonchev–Trinajstić information content (AvgIpc) is 2.56. The van der Waals surface area contributed by atoms with Gasteiger partial charge in [0.1, 0.15) is 5.41 Å². The predicted octanol–water partition coefficient (Wildman–Crippen LogP) is 5.43. The van der Waals surface area contributed by atoms with Crippen LogP contribution in [0, 0.1) is 0 Å². The first-order valence-corrected chi connectivity index (χ1v) is 9.71. The van der Waals surface area contributed by atoms with Gasteiger partial charge in [0.05, 0.1) is 0 Å². The van der Waals surface area contributed by atoms with E-state index in [1.54, 1.807) is 45.2 Å². The summed E-state index contributed by atoms with van der Waals surface area (Å²) in [6, 6.07) is 19.3. The van der Waals surface area contributed by atoms with Crippen molar-refractivity contribution < 1.29 is 9.59 Å². The SMILES string of the molecule is CCCC(c1ccccc1)C(C(=O)I)(C(=O)I)c1ccccc1. The Morgan fingerprint density at radius 3 is 1.83 bits per heavy atom. The van der Waals surface area contributed by atoms with Crippen molar-refractivity contribution in [3.8, 4) is 0 Å². The van der Waals surface area contributed by atoms with E-state index >= 15 is 0 Å². The number of carbonyl (C=O) groups excluding carboxylic acids is 2. The standard InChI is InChI=1S/C19H18I2O2/c1-2-9-16(14-10-5-3-6-11-14)19(17(20)22,18(21)23)15-12-7-4-8-13-15/h3-8,10-13,16H,2,9H2,1H3. The van der Waals surface area contributed by atoms with Crippen molar-refractivity contribution in [2.24, 2.45) is 0 Å². The van der Waals surface area contributed by atoms with Crippen LogP contribution in [-0.2, 0) is 15.0 Å². The van der Waals surface area contributed by atoms with E-state index < -0.39 is 5.41 Å². The molecule has 2 aromatic carbocycles. The van der Waals surface area contributed by atoms with Gasteiger partial charge in [-0.3, -0.25) is 9.59 Å². The van der Waals surface area contributed by atoms with Crippen LogP contribution in [0.2, 0.25) is 0 Å². The molecule has 1 atom stereocenters. The molecule has 0 aliphatic carbocycles. The summed E-state index contributed by atoms with van der Waals surface area (Å²) < 4.78 is -0.244. The highest BCUT2D eigenvalue weighted by Crippen LogP contribution is 2.46. The topological polar surface area (TPSA) is 34.1 Å². The number of halogens is 2. The Kier molecular flexibility index (Phi) is 6.76. The second-order valence-corrected chi connectivity index (χ2v) is 7.43. The summed E-state index contributed by atoms with van der Waals surface area (Å²) in [5.74, 6) is -0.162. The van der Waals surface area contributed by atoms with Gasteiger partial charge in [0.25, 0.3) is 0 Å². The minimum atomic E-state index is -1.14. The molecule has 0 fully saturated rings. The van der Waals surface area contributed by atoms with Gasteiger partial charge in [-0.25, -0.2) is 0 Å². The van der Waals surface area contributed by atoms with E-state index in [0.29, 0.717) is 0 Å². The van der Waals surface area contributed by atoms with Gasteiger partial charge in [0.2, 0.25) is 7.58 Å². The molecule has 0 saturated heterocycles. The van der Waals surface area contributed by atoms with E-state index in [1.807, 2.05) is 60.7 Å². The molecule has 1 unspecified atom stereocenters. The number of hydrogen-bond donors (Lipinski definition) is 0. The lowest BCUT2D eigenvalue weighted by Crippen LogP contribution is -2.44. The smallest absolute Gasteiger partial charge is 0.211 e. The average molecular weight is 532 g/mol. The molecule has 0 aromatic heterocycles. The molecule has 0 aliphatic heterocycles. The zero-order chi connectivity index (χ0) is 16.9. The second-order valence-electron chi connectivity index (χ2n) is 5.47. The van der Waals surface area contributed by atoms with Crippen molar-refractivity contribution in [3.05, 3.63) is 71.8 Å². The number of benzene rings is 2. The van der Waals surface area contributed by atoms with E-state index in [4.69, 9.17) is 0 Å². The fourth-order valence-corrected chi connectivity index (χ4v) is 5.47. The highest BCUT2D eigenvalue weighted by Gasteiger charge is 2.51.